The Morgan fingerprint density at radius 2 is 1.46 bits per heavy atom. The van der Waals surface area contributed by atoms with Crippen molar-refractivity contribution in [1.29, 1.82) is 0 Å². The second kappa shape index (κ2) is 8.11. The standard InChI is InChI=1S/C20H20ClNO2/c21-13-7-1-2-8-14-24-20(23)19-15-9-3-5-11-17(15)22-18-12-6-4-10-16(18)19/h3-6,9-12H,1-2,7-8,13-14H2. The number of halogens is 1. The van der Waals surface area contributed by atoms with E-state index < -0.39 is 0 Å². The van der Waals surface area contributed by atoms with Crippen molar-refractivity contribution >= 4 is 39.4 Å². The minimum atomic E-state index is -0.276. The fourth-order valence-electron chi connectivity index (χ4n) is 2.85. The number of carbonyl (C=O) groups excluding carboxylic acids is 1. The van der Waals surface area contributed by atoms with Crippen molar-refractivity contribution in [2.24, 2.45) is 0 Å². The molecule has 3 aromatic rings. The first-order chi connectivity index (χ1) is 11.8. The number of rotatable bonds is 7. The number of alkyl halides is 1. The Kier molecular flexibility index (Phi) is 5.65. The van der Waals surface area contributed by atoms with Gasteiger partial charge >= 0.3 is 5.97 Å². The zero-order valence-corrected chi connectivity index (χ0v) is 14.3. The van der Waals surface area contributed by atoms with Crippen LogP contribution in [0.15, 0.2) is 48.5 Å². The minimum Gasteiger partial charge on any atom is -0.462 e. The number of benzene rings is 2. The molecule has 0 amide bonds. The van der Waals surface area contributed by atoms with E-state index in [0.29, 0.717) is 18.1 Å². The van der Waals surface area contributed by atoms with Gasteiger partial charge in [0, 0.05) is 16.7 Å². The van der Waals surface area contributed by atoms with Gasteiger partial charge in [0.05, 0.1) is 23.2 Å². The van der Waals surface area contributed by atoms with Gasteiger partial charge in [0.2, 0.25) is 0 Å². The first-order valence-corrected chi connectivity index (χ1v) is 8.85. The third-order valence-electron chi connectivity index (χ3n) is 4.05. The van der Waals surface area contributed by atoms with Gasteiger partial charge in [-0.3, -0.25) is 0 Å². The number of para-hydroxylation sites is 2. The lowest BCUT2D eigenvalue weighted by Gasteiger charge is -2.10. The minimum absolute atomic E-state index is 0.276. The summed E-state index contributed by atoms with van der Waals surface area (Å²) in [6, 6.07) is 15.4. The molecule has 3 nitrogen and oxygen atoms in total. The highest BCUT2D eigenvalue weighted by Crippen LogP contribution is 2.26. The fourth-order valence-corrected chi connectivity index (χ4v) is 3.04. The zero-order valence-electron chi connectivity index (χ0n) is 13.5. The van der Waals surface area contributed by atoms with Gasteiger partial charge in [-0.15, -0.1) is 11.6 Å². The van der Waals surface area contributed by atoms with Crippen molar-refractivity contribution in [1.82, 2.24) is 4.98 Å². The molecule has 0 saturated carbocycles. The monoisotopic (exact) mass is 341 g/mol. The molecule has 0 spiro atoms. The number of esters is 1. The number of aromatic nitrogens is 1. The van der Waals surface area contributed by atoms with E-state index in [-0.39, 0.29) is 5.97 Å². The van der Waals surface area contributed by atoms with Crippen molar-refractivity contribution in [2.45, 2.75) is 25.7 Å². The molecule has 0 saturated heterocycles. The molecule has 3 rings (SSSR count). The molecule has 0 bridgehead atoms. The van der Waals surface area contributed by atoms with E-state index in [4.69, 9.17) is 16.3 Å². The average Bonchev–Trinajstić information content (AvgIpc) is 2.62. The van der Waals surface area contributed by atoms with Gasteiger partial charge in [-0.2, -0.15) is 0 Å². The van der Waals surface area contributed by atoms with Crippen LogP contribution in [0.4, 0.5) is 0 Å². The van der Waals surface area contributed by atoms with E-state index in [1.807, 2.05) is 48.5 Å². The van der Waals surface area contributed by atoms with Gasteiger partial charge in [0.25, 0.3) is 0 Å². The van der Waals surface area contributed by atoms with Crippen molar-refractivity contribution in [3.8, 4) is 0 Å². The average molecular weight is 342 g/mol. The number of fused-ring (bicyclic) bond motifs is 2. The lowest BCUT2D eigenvalue weighted by Crippen LogP contribution is -2.08. The van der Waals surface area contributed by atoms with Crippen LogP contribution in [0, 0.1) is 0 Å². The second-order valence-corrected chi connectivity index (χ2v) is 6.14. The molecule has 0 N–H and O–H groups in total. The zero-order chi connectivity index (χ0) is 16.8. The Balaban J connectivity index is 1.84. The maximum Gasteiger partial charge on any atom is 0.339 e. The summed E-state index contributed by atoms with van der Waals surface area (Å²) in [6.45, 7) is 0.437. The predicted molar refractivity (Wildman–Crippen MR) is 98.7 cm³/mol. The molecule has 2 aromatic carbocycles. The molecule has 0 unspecified atom stereocenters. The van der Waals surface area contributed by atoms with E-state index in [1.165, 1.54) is 0 Å². The van der Waals surface area contributed by atoms with Gasteiger partial charge in [-0.25, -0.2) is 9.78 Å². The lowest BCUT2D eigenvalue weighted by molar-refractivity contribution is 0.0502. The quantitative estimate of drug-likeness (QED) is 0.252. The molecule has 0 atom stereocenters. The van der Waals surface area contributed by atoms with Gasteiger partial charge in [0.15, 0.2) is 0 Å². The predicted octanol–water partition coefficient (Wildman–Crippen LogP) is 5.34. The molecular weight excluding hydrogens is 322 g/mol. The Hall–Kier alpha value is -2.13. The largest absolute Gasteiger partial charge is 0.462 e. The van der Waals surface area contributed by atoms with E-state index in [1.54, 1.807) is 0 Å². The van der Waals surface area contributed by atoms with Crippen molar-refractivity contribution < 1.29 is 9.53 Å². The van der Waals surface area contributed by atoms with Crippen LogP contribution in [-0.4, -0.2) is 23.4 Å². The highest BCUT2D eigenvalue weighted by atomic mass is 35.5. The van der Waals surface area contributed by atoms with Gasteiger partial charge in [-0.1, -0.05) is 49.2 Å². The summed E-state index contributed by atoms with van der Waals surface area (Å²) in [6.07, 6.45) is 3.97. The normalized spacial score (nSPS) is 11.0. The molecule has 124 valence electrons. The maximum absolute atomic E-state index is 12.7. The van der Waals surface area contributed by atoms with Crippen LogP contribution >= 0.6 is 11.6 Å². The van der Waals surface area contributed by atoms with Gasteiger partial charge in [-0.05, 0) is 25.0 Å². The summed E-state index contributed by atoms with van der Waals surface area (Å²) in [5, 5.41) is 1.67. The van der Waals surface area contributed by atoms with E-state index in [0.717, 1.165) is 47.5 Å². The van der Waals surface area contributed by atoms with Crippen LogP contribution in [0.1, 0.15) is 36.0 Å². The topological polar surface area (TPSA) is 39.2 Å². The van der Waals surface area contributed by atoms with Crippen LogP contribution in [-0.2, 0) is 4.74 Å². The highest BCUT2D eigenvalue weighted by Gasteiger charge is 2.16. The number of carbonyl (C=O) groups is 1. The first-order valence-electron chi connectivity index (χ1n) is 8.32. The Labute approximate surface area is 146 Å². The van der Waals surface area contributed by atoms with Crippen LogP contribution in [0.2, 0.25) is 0 Å². The third-order valence-corrected chi connectivity index (χ3v) is 4.32. The van der Waals surface area contributed by atoms with E-state index in [2.05, 4.69) is 4.98 Å². The van der Waals surface area contributed by atoms with Crippen molar-refractivity contribution in [3.63, 3.8) is 0 Å². The van der Waals surface area contributed by atoms with E-state index in [9.17, 15) is 4.79 Å². The molecular formula is C20H20ClNO2. The fraction of sp³-hybridized carbons (Fsp3) is 0.300. The number of hydrogen-bond acceptors (Lipinski definition) is 3. The van der Waals surface area contributed by atoms with Crippen LogP contribution in [0.5, 0.6) is 0 Å². The summed E-state index contributed by atoms with van der Waals surface area (Å²) >= 11 is 5.66. The molecule has 1 aromatic heterocycles. The third kappa shape index (κ3) is 3.68. The summed E-state index contributed by atoms with van der Waals surface area (Å²) in [4.78, 5) is 17.3. The summed E-state index contributed by atoms with van der Waals surface area (Å²) in [5.41, 5.74) is 2.23. The summed E-state index contributed by atoms with van der Waals surface area (Å²) < 4.78 is 5.52. The smallest absolute Gasteiger partial charge is 0.339 e. The summed E-state index contributed by atoms with van der Waals surface area (Å²) in [7, 11) is 0. The molecule has 1 heterocycles. The number of ether oxygens (including phenoxy) is 1. The Bertz CT molecular complexity index is 793. The molecule has 0 aliphatic heterocycles. The molecule has 0 aliphatic rings. The Morgan fingerprint density at radius 1 is 0.875 bits per heavy atom. The first kappa shape index (κ1) is 16.7. The molecule has 24 heavy (non-hydrogen) atoms. The summed E-state index contributed by atoms with van der Waals surface area (Å²) in [5.74, 6) is 0.413. The van der Waals surface area contributed by atoms with E-state index >= 15 is 0 Å². The number of nitrogens with zero attached hydrogens (tertiary/aromatic N) is 1. The Morgan fingerprint density at radius 3 is 2.08 bits per heavy atom. The SMILES string of the molecule is O=C(OCCCCCCCl)c1c2ccccc2nc2ccccc12. The molecule has 0 radical (unpaired) electrons. The molecule has 0 aliphatic carbocycles. The van der Waals surface area contributed by atoms with Crippen LogP contribution in [0.3, 0.4) is 0 Å². The lowest BCUT2D eigenvalue weighted by atomic mass is 10.0. The van der Waals surface area contributed by atoms with Crippen molar-refractivity contribution in [2.75, 3.05) is 12.5 Å². The van der Waals surface area contributed by atoms with Crippen molar-refractivity contribution in [3.05, 3.63) is 54.1 Å². The highest BCUT2D eigenvalue weighted by molar-refractivity contribution is 6.17. The molecule has 0 fully saturated rings. The maximum atomic E-state index is 12.7. The molecule has 4 heteroatoms. The van der Waals surface area contributed by atoms with Gasteiger partial charge in [0.1, 0.15) is 0 Å². The number of hydrogen-bond donors (Lipinski definition) is 0. The number of unbranched alkanes of at least 4 members (excludes halogenated alkanes) is 3. The van der Waals surface area contributed by atoms with Crippen LogP contribution in [0.25, 0.3) is 21.8 Å². The second-order valence-electron chi connectivity index (χ2n) is 5.76. The van der Waals surface area contributed by atoms with Crippen LogP contribution < -0.4 is 0 Å². The van der Waals surface area contributed by atoms with Gasteiger partial charge < -0.3 is 4.74 Å². The number of pyridine rings is 1.